The fraction of sp³-hybridized carbons (Fsp3) is 0.765. The monoisotopic (exact) mass is 290 g/mol. The van der Waals surface area contributed by atoms with Crippen molar-refractivity contribution in [2.75, 3.05) is 13.1 Å². The third-order valence-electron chi connectivity index (χ3n) is 4.19. The maximum atomic E-state index is 4.42. The van der Waals surface area contributed by atoms with E-state index in [9.17, 15) is 0 Å². The SMILES string of the molecule is C=C(N1CCCc2nnn(C(C)(C)C)c2CC1)C(C)(C)C. The molecule has 0 spiro atoms. The summed E-state index contributed by atoms with van der Waals surface area (Å²) >= 11 is 0. The molecular formula is C17H30N4. The Bertz CT molecular complexity index is 514. The van der Waals surface area contributed by atoms with Crippen molar-refractivity contribution < 1.29 is 0 Å². The van der Waals surface area contributed by atoms with Gasteiger partial charge in [-0.25, -0.2) is 4.68 Å². The van der Waals surface area contributed by atoms with E-state index in [1.54, 1.807) is 0 Å². The van der Waals surface area contributed by atoms with E-state index >= 15 is 0 Å². The first kappa shape index (κ1) is 16.1. The number of rotatable bonds is 1. The molecule has 0 aromatic carbocycles. The van der Waals surface area contributed by atoms with Crippen LogP contribution in [0.1, 0.15) is 59.4 Å². The number of aryl methyl sites for hydroxylation is 1. The molecule has 118 valence electrons. The molecule has 0 fully saturated rings. The number of allylic oxidation sites excluding steroid dienone is 1. The van der Waals surface area contributed by atoms with Gasteiger partial charge in [-0.2, -0.15) is 0 Å². The lowest BCUT2D eigenvalue weighted by Crippen LogP contribution is -2.35. The first-order valence-corrected chi connectivity index (χ1v) is 7.99. The lowest BCUT2D eigenvalue weighted by atomic mass is 9.91. The van der Waals surface area contributed by atoms with Crippen molar-refractivity contribution >= 4 is 0 Å². The predicted octanol–water partition coefficient (Wildman–Crippen LogP) is 3.38. The third-order valence-corrected chi connectivity index (χ3v) is 4.19. The Labute approximate surface area is 129 Å². The smallest absolute Gasteiger partial charge is 0.0860 e. The highest BCUT2D eigenvalue weighted by atomic mass is 15.5. The molecular weight excluding hydrogens is 260 g/mol. The van der Waals surface area contributed by atoms with E-state index in [2.05, 4.69) is 68.0 Å². The van der Waals surface area contributed by atoms with Crippen LogP contribution in [0.2, 0.25) is 0 Å². The maximum absolute atomic E-state index is 4.42. The van der Waals surface area contributed by atoms with Gasteiger partial charge in [-0.15, -0.1) is 5.10 Å². The van der Waals surface area contributed by atoms with Crippen LogP contribution >= 0.6 is 0 Å². The second kappa shape index (κ2) is 5.47. The van der Waals surface area contributed by atoms with E-state index in [0.29, 0.717) is 0 Å². The minimum atomic E-state index is -0.00829. The number of aromatic nitrogens is 3. The van der Waals surface area contributed by atoms with Crippen LogP contribution in [-0.4, -0.2) is 33.0 Å². The molecule has 21 heavy (non-hydrogen) atoms. The summed E-state index contributed by atoms with van der Waals surface area (Å²) in [6, 6.07) is 0. The van der Waals surface area contributed by atoms with E-state index in [4.69, 9.17) is 0 Å². The lowest BCUT2D eigenvalue weighted by molar-refractivity contribution is 0.258. The summed E-state index contributed by atoms with van der Waals surface area (Å²) in [6.07, 6.45) is 3.12. The Morgan fingerprint density at radius 2 is 1.71 bits per heavy atom. The molecule has 0 N–H and O–H groups in total. The molecule has 1 aliphatic heterocycles. The Kier molecular flexibility index (Phi) is 4.18. The number of hydrogen-bond donors (Lipinski definition) is 0. The lowest BCUT2D eigenvalue weighted by Gasteiger charge is -2.36. The fourth-order valence-corrected chi connectivity index (χ4v) is 2.85. The van der Waals surface area contributed by atoms with Gasteiger partial charge in [0.2, 0.25) is 0 Å². The Hall–Kier alpha value is -1.32. The second-order valence-corrected chi connectivity index (χ2v) is 8.10. The van der Waals surface area contributed by atoms with Crippen molar-refractivity contribution in [2.24, 2.45) is 5.41 Å². The highest BCUT2D eigenvalue weighted by molar-refractivity contribution is 5.15. The van der Waals surface area contributed by atoms with Crippen LogP contribution in [0.25, 0.3) is 0 Å². The second-order valence-electron chi connectivity index (χ2n) is 8.10. The molecule has 1 aliphatic rings. The molecule has 1 aromatic rings. The highest BCUT2D eigenvalue weighted by Crippen LogP contribution is 2.29. The highest BCUT2D eigenvalue weighted by Gasteiger charge is 2.26. The minimum absolute atomic E-state index is 0.00829. The van der Waals surface area contributed by atoms with Crippen molar-refractivity contribution in [2.45, 2.75) is 66.3 Å². The minimum Gasteiger partial charge on any atom is -0.374 e. The van der Waals surface area contributed by atoms with Crippen molar-refractivity contribution in [3.63, 3.8) is 0 Å². The third kappa shape index (κ3) is 3.47. The zero-order valence-electron chi connectivity index (χ0n) is 14.5. The number of nitrogens with zero attached hydrogens (tertiary/aromatic N) is 4. The molecule has 4 nitrogen and oxygen atoms in total. The molecule has 0 bridgehead atoms. The van der Waals surface area contributed by atoms with E-state index in [1.165, 1.54) is 17.1 Å². The van der Waals surface area contributed by atoms with Gasteiger partial charge >= 0.3 is 0 Å². The number of hydrogen-bond acceptors (Lipinski definition) is 3. The molecule has 0 amide bonds. The van der Waals surface area contributed by atoms with Gasteiger partial charge in [-0.1, -0.05) is 32.6 Å². The molecule has 4 heteroatoms. The van der Waals surface area contributed by atoms with E-state index in [-0.39, 0.29) is 11.0 Å². The molecule has 0 saturated heterocycles. The molecule has 0 radical (unpaired) electrons. The van der Waals surface area contributed by atoms with Crippen LogP contribution in [0, 0.1) is 5.41 Å². The van der Waals surface area contributed by atoms with Crippen LogP contribution in [-0.2, 0) is 18.4 Å². The van der Waals surface area contributed by atoms with Gasteiger partial charge in [0.05, 0.1) is 16.9 Å². The summed E-state index contributed by atoms with van der Waals surface area (Å²) in [4.78, 5) is 2.45. The van der Waals surface area contributed by atoms with Crippen molar-refractivity contribution in [1.29, 1.82) is 0 Å². The van der Waals surface area contributed by atoms with Crippen molar-refractivity contribution in [3.8, 4) is 0 Å². The van der Waals surface area contributed by atoms with Gasteiger partial charge < -0.3 is 4.90 Å². The number of fused-ring (bicyclic) bond motifs is 1. The summed E-state index contributed by atoms with van der Waals surface area (Å²) in [7, 11) is 0. The van der Waals surface area contributed by atoms with Crippen molar-refractivity contribution in [3.05, 3.63) is 23.7 Å². The molecule has 0 saturated carbocycles. The summed E-state index contributed by atoms with van der Waals surface area (Å²) < 4.78 is 2.10. The van der Waals surface area contributed by atoms with E-state index in [0.717, 1.165) is 32.4 Å². The summed E-state index contributed by atoms with van der Waals surface area (Å²) in [5.74, 6) is 0. The Balaban J connectivity index is 2.22. The fourth-order valence-electron chi connectivity index (χ4n) is 2.85. The normalized spacial score (nSPS) is 17.1. The molecule has 0 unspecified atom stereocenters. The van der Waals surface area contributed by atoms with Gasteiger partial charge in [0.25, 0.3) is 0 Å². The Morgan fingerprint density at radius 1 is 1.05 bits per heavy atom. The largest absolute Gasteiger partial charge is 0.374 e. The average Bonchev–Trinajstić information content (AvgIpc) is 2.69. The van der Waals surface area contributed by atoms with Crippen LogP contribution in [0.15, 0.2) is 12.3 Å². The van der Waals surface area contributed by atoms with Crippen LogP contribution in [0.5, 0.6) is 0 Å². The zero-order chi connectivity index (χ0) is 15.8. The van der Waals surface area contributed by atoms with Crippen LogP contribution in [0.3, 0.4) is 0 Å². The quantitative estimate of drug-likeness (QED) is 0.795. The maximum Gasteiger partial charge on any atom is 0.0860 e. The first-order valence-electron chi connectivity index (χ1n) is 7.99. The summed E-state index contributed by atoms with van der Waals surface area (Å²) in [5, 5.41) is 8.81. The Morgan fingerprint density at radius 3 is 2.29 bits per heavy atom. The molecule has 2 heterocycles. The van der Waals surface area contributed by atoms with Crippen LogP contribution in [0.4, 0.5) is 0 Å². The van der Waals surface area contributed by atoms with Crippen molar-refractivity contribution in [1.82, 2.24) is 19.9 Å². The summed E-state index contributed by atoms with van der Waals surface area (Å²) in [6.45, 7) is 19.7. The first-order chi connectivity index (χ1) is 9.60. The molecule has 0 aliphatic carbocycles. The molecule has 0 atom stereocenters. The molecule has 1 aromatic heterocycles. The summed E-state index contributed by atoms with van der Waals surface area (Å²) in [5.41, 5.74) is 3.84. The molecule has 2 rings (SSSR count). The van der Waals surface area contributed by atoms with E-state index < -0.39 is 0 Å². The van der Waals surface area contributed by atoms with Gasteiger partial charge in [0.1, 0.15) is 0 Å². The van der Waals surface area contributed by atoms with Gasteiger partial charge in [-0.3, -0.25) is 0 Å². The standard InChI is InChI=1S/C17H30N4/c1-13(16(2,3)4)20-11-8-9-14-15(10-12-20)21(19-18-14)17(5,6)7/h1,8-12H2,2-7H3. The topological polar surface area (TPSA) is 34.0 Å². The van der Waals surface area contributed by atoms with Gasteiger partial charge in [0.15, 0.2) is 0 Å². The van der Waals surface area contributed by atoms with Crippen LogP contribution < -0.4 is 0 Å². The predicted molar refractivity (Wildman–Crippen MR) is 87.2 cm³/mol. The van der Waals surface area contributed by atoms with Gasteiger partial charge in [-0.05, 0) is 33.6 Å². The average molecular weight is 290 g/mol. The van der Waals surface area contributed by atoms with E-state index in [1.807, 2.05) is 0 Å². The zero-order valence-corrected chi connectivity index (χ0v) is 14.5. The van der Waals surface area contributed by atoms with Gasteiger partial charge in [0, 0.05) is 30.6 Å².